The first-order chi connectivity index (χ1) is 13.3. The van der Waals surface area contributed by atoms with E-state index in [2.05, 4.69) is 0 Å². The van der Waals surface area contributed by atoms with Crippen LogP contribution in [0.25, 0.3) is 5.76 Å². The third-order valence-electron chi connectivity index (χ3n) is 4.41. The standard InChI is InChI=1S/C20H15ClFNO5/c21-13-5-1-12(2-6-13)18(26)16-17(11-3-7-14(22)8-4-11)23(10-9-15(24)25)20(28)19(16)27/h1-8,17,26H,9-10H2,(H,24,25)/t17-/m0/s1. The van der Waals surface area contributed by atoms with E-state index in [4.69, 9.17) is 16.7 Å². The summed E-state index contributed by atoms with van der Waals surface area (Å²) in [6.45, 7) is -0.237. The number of rotatable bonds is 5. The van der Waals surface area contributed by atoms with E-state index in [-0.39, 0.29) is 24.1 Å². The quantitative estimate of drug-likeness (QED) is 0.453. The van der Waals surface area contributed by atoms with Gasteiger partial charge in [-0.3, -0.25) is 14.4 Å². The van der Waals surface area contributed by atoms with Gasteiger partial charge in [-0.15, -0.1) is 0 Å². The summed E-state index contributed by atoms with van der Waals surface area (Å²) in [7, 11) is 0. The summed E-state index contributed by atoms with van der Waals surface area (Å²) in [6.07, 6.45) is -0.383. The van der Waals surface area contributed by atoms with Gasteiger partial charge in [-0.25, -0.2) is 4.39 Å². The molecule has 1 heterocycles. The van der Waals surface area contributed by atoms with Crippen molar-refractivity contribution < 1.29 is 29.0 Å². The van der Waals surface area contributed by atoms with Crippen molar-refractivity contribution in [2.75, 3.05) is 6.54 Å². The topological polar surface area (TPSA) is 94.9 Å². The molecule has 0 aliphatic carbocycles. The van der Waals surface area contributed by atoms with Gasteiger partial charge in [0.25, 0.3) is 11.7 Å². The number of amides is 1. The number of benzene rings is 2. The fourth-order valence-corrected chi connectivity index (χ4v) is 3.21. The van der Waals surface area contributed by atoms with E-state index in [1.54, 1.807) is 0 Å². The van der Waals surface area contributed by atoms with Crippen LogP contribution in [0.2, 0.25) is 5.02 Å². The van der Waals surface area contributed by atoms with Crippen LogP contribution in [0.15, 0.2) is 54.1 Å². The molecule has 144 valence electrons. The number of hydrogen-bond donors (Lipinski definition) is 2. The summed E-state index contributed by atoms with van der Waals surface area (Å²) >= 11 is 5.84. The van der Waals surface area contributed by atoms with Gasteiger partial charge in [-0.1, -0.05) is 23.7 Å². The number of hydrogen-bond acceptors (Lipinski definition) is 4. The highest BCUT2D eigenvalue weighted by Crippen LogP contribution is 2.39. The van der Waals surface area contributed by atoms with Gasteiger partial charge in [-0.2, -0.15) is 0 Å². The molecular weight excluding hydrogens is 389 g/mol. The molecule has 0 unspecified atom stereocenters. The van der Waals surface area contributed by atoms with Crippen LogP contribution in [0.1, 0.15) is 23.6 Å². The second-order valence-corrected chi connectivity index (χ2v) is 6.63. The van der Waals surface area contributed by atoms with Gasteiger partial charge in [0, 0.05) is 17.1 Å². The van der Waals surface area contributed by atoms with Crippen LogP contribution in [0.5, 0.6) is 0 Å². The van der Waals surface area contributed by atoms with Crippen LogP contribution >= 0.6 is 11.6 Å². The minimum atomic E-state index is -1.14. The molecule has 8 heteroatoms. The Hall–Kier alpha value is -3.19. The minimum Gasteiger partial charge on any atom is -0.507 e. The van der Waals surface area contributed by atoms with Crippen molar-refractivity contribution >= 4 is 35.0 Å². The van der Waals surface area contributed by atoms with Gasteiger partial charge in [0.2, 0.25) is 0 Å². The van der Waals surface area contributed by atoms with Crippen molar-refractivity contribution in [1.82, 2.24) is 4.90 Å². The first-order valence-corrected chi connectivity index (χ1v) is 8.69. The first kappa shape index (κ1) is 19.6. The predicted octanol–water partition coefficient (Wildman–Crippen LogP) is 3.38. The highest BCUT2D eigenvalue weighted by molar-refractivity contribution is 6.46. The molecule has 2 aromatic rings. The molecule has 28 heavy (non-hydrogen) atoms. The highest BCUT2D eigenvalue weighted by Gasteiger charge is 2.46. The van der Waals surface area contributed by atoms with Crippen LogP contribution in [0.4, 0.5) is 4.39 Å². The summed E-state index contributed by atoms with van der Waals surface area (Å²) < 4.78 is 13.3. The van der Waals surface area contributed by atoms with Crippen LogP contribution < -0.4 is 0 Å². The lowest BCUT2D eigenvalue weighted by Crippen LogP contribution is -2.31. The van der Waals surface area contributed by atoms with Gasteiger partial charge in [0.15, 0.2) is 0 Å². The van der Waals surface area contributed by atoms with Crippen molar-refractivity contribution in [1.29, 1.82) is 0 Å². The lowest BCUT2D eigenvalue weighted by Gasteiger charge is -2.24. The molecule has 2 aromatic carbocycles. The molecule has 0 aromatic heterocycles. The molecule has 1 amide bonds. The number of aliphatic carboxylic acids is 1. The summed E-state index contributed by atoms with van der Waals surface area (Å²) in [5, 5.41) is 20.1. The molecule has 1 atom stereocenters. The molecule has 0 spiro atoms. The maximum Gasteiger partial charge on any atom is 0.305 e. The molecule has 0 bridgehead atoms. The van der Waals surface area contributed by atoms with Crippen LogP contribution in [0.3, 0.4) is 0 Å². The van der Waals surface area contributed by atoms with Gasteiger partial charge >= 0.3 is 5.97 Å². The fourth-order valence-electron chi connectivity index (χ4n) is 3.08. The second-order valence-electron chi connectivity index (χ2n) is 6.19. The molecule has 1 saturated heterocycles. The smallest absolute Gasteiger partial charge is 0.305 e. The number of likely N-dealkylation sites (tertiary alicyclic amines) is 1. The zero-order valence-electron chi connectivity index (χ0n) is 14.4. The van der Waals surface area contributed by atoms with E-state index in [9.17, 15) is 23.9 Å². The molecule has 0 saturated carbocycles. The summed E-state index contributed by atoms with van der Waals surface area (Å²) in [5.41, 5.74) is 0.457. The van der Waals surface area contributed by atoms with E-state index in [1.807, 2.05) is 0 Å². The second kappa shape index (κ2) is 7.82. The Morgan fingerprint density at radius 3 is 2.21 bits per heavy atom. The maximum absolute atomic E-state index is 13.3. The zero-order chi connectivity index (χ0) is 20.4. The number of Topliss-reactive ketones (excluding diaryl/α,β-unsaturated/α-hetero) is 1. The number of aliphatic hydroxyl groups excluding tert-OH is 1. The monoisotopic (exact) mass is 403 g/mol. The number of carboxylic acids is 1. The average molecular weight is 404 g/mol. The Morgan fingerprint density at radius 1 is 1.04 bits per heavy atom. The first-order valence-electron chi connectivity index (χ1n) is 8.31. The van der Waals surface area contributed by atoms with E-state index in [0.717, 1.165) is 17.0 Å². The predicted molar refractivity (Wildman–Crippen MR) is 99.1 cm³/mol. The average Bonchev–Trinajstić information content (AvgIpc) is 2.91. The summed E-state index contributed by atoms with van der Waals surface area (Å²) in [6, 6.07) is 10.1. The lowest BCUT2D eigenvalue weighted by molar-refractivity contribution is -0.142. The van der Waals surface area contributed by atoms with Gasteiger partial charge < -0.3 is 15.1 Å². The molecule has 3 rings (SSSR count). The number of carbonyl (C=O) groups is 3. The van der Waals surface area contributed by atoms with Gasteiger partial charge in [0.05, 0.1) is 18.0 Å². The molecule has 6 nitrogen and oxygen atoms in total. The van der Waals surface area contributed by atoms with E-state index in [1.165, 1.54) is 36.4 Å². The van der Waals surface area contributed by atoms with E-state index >= 15 is 0 Å². The number of carbonyl (C=O) groups excluding carboxylic acids is 2. The number of nitrogens with zero attached hydrogens (tertiary/aromatic N) is 1. The van der Waals surface area contributed by atoms with Crippen molar-refractivity contribution in [3.63, 3.8) is 0 Å². The largest absolute Gasteiger partial charge is 0.507 e. The SMILES string of the molecule is O=C(O)CCN1C(=O)C(=O)C(=C(O)c2ccc(Cl)cc2)[C@@H]1c1ccc(F)cc1. The molecule has 2 N–H and O–H groups in total. The number of halogens is 2. The lowest BCUT2D eigenvalue weighted by atomic mass is 9.95. The van der Waals surface area contributed by atoms with Crippen LogP contribution in [-0.4, -0.2) is 39.3 Å². The van der Waals surface area contributed by atoms with Gasteiger partial charge in [-0.05, 0) is 42.0 Å². The van der Waals surface area contributed by atoms with E-state index in [0.29, 0.717) is 10.6 Å². The summed E-state index contributed by atoms with van der Waals surface area (Å²) in [5.74, 6) is -3.93. The molecular formula is C20H15ClFNO5. The fraction of sp³-hybridized carbons (Fsp3) is 0.150. The Kier molecular flexibility index (Phi) is 5.46. The summed E-state index contributed by atoms with van der Waals surface area (Å²) in [4.78, 5) is 37.2. The molecule has 1 aliphatic rings. The Morgan fingerprint density at radius 2 is 1.64 bits per heavy atom. The maximum atomic E-state index is 13.3. The third kappa shape index (κ3) is 3.75. The number of aliphatic hydroxyl groups is 1. The van der Waals surface area contributed by atoms with E-state index < -0.39 is 35.3 Å². The highest BCUT2D eigenvalue weighted by atomic mass is 35.5. The molecule has 0 radical (unpaired) electrons. The molecule has 1 fully saturated rings. The molecule has 1 aliphatic heterocycles. The van der Waals surface area contributed by atoms with Crippen molar-refractivity contribution in [3.8, 4) is 0 Å². The Bertz CT molecular complexity index is 969. The normalized spacial score (nSPS) is 18.5. The third-order valence-corrected chi connectivity index (χ3v) is 4.66. The Labute approximate surface area is 164 Å². The van der Waals surface area contributed by atoms with Gasteiger partial charge in [0.1, 0.15) is 11.6 Å². The number of carboxylic acid groups (broad SMARTS) is 1. The minimum absolute atomic E-state index is 0.190. The van der Waals surface area contributed by atoms with Crippen molar-refractivity contribution in [2.24, 2.45) is 0 Å². The van der Waals surface area contributed by atoms with Crippen molar-refractivity contribution in [2.45, 2.75) is 12.5 Å². The van der Waals surface area contributed by atoms with Crippen molar-refractivity contribution in [3.05, 3.63) is 76.1 Å². The van der Waals surface area contributed by atoms with Crippen LogP contribution in [-0.2, 0) is 14.4 Å². The Balaban J connectivity index is 2.14. The number of ketones is 1. The zero-order valence-corrected chi connectivity index (χ0v) is 15.2. The van der Waals surface area contributed by atoms with Crippen LogP contribution in [0, 0.1) is 5.82 Å².